The Morgan fingerprint density at radius 1 is 0.760 bits per heavy atom. The number of aromatic nitrogens is 4. The van der Waals surface area contributed by atoms with E-state index >= 15 is 0 Å². The monoisotopic (exact) mass is 523 g/mol. The summed E-state index contributed by atoms with van der Waals surface area (Å²) in [6.07, 6.45) is 3.74. The number of hydrogen-bond acceptors (Lipinski definition) is 3. The summed E-state index contributed by atoms with van der Waals surface area (Å²) in [5, 5.41) is 9.05. The smallest absolute Gasteiger partial charge is 0.265 e. The Bertz CT molecular complexity index is 897. The topological polar surface area (TPSA) is 35.6 Å². The molecule has 0 aliphatic carbocycles. The molecule has 0 spiro atoms. The molecule has 2 aromatic heterocycles. The molecule has 0 unspecified atom stereocenters. The number of para-hydroxylation sites is 2. The minimum absolute atomic E-state index is 0. The summed E-state index contributed by atoms with van der Waals surface area (Å²) in [5.41, 5.74) is 3.17. The first-order valence-electron chi connectivity index (χ1n) is 7.41. The van der Waals surface area contributed by atoms with E-state index in [0.717, 1.165) is 11.4 Å². The average Bonchev–Trinajstić information content (AvgIpc) is 3.33. The van der Waals surface area contributed by atoms with Crippen LogP contribution in [0.5, 0.6) is 0 Å². The summed E-state index contributed by atoms with van der Waals surface area (Å²) >= 11 is 5.54. The van der Waals surface area contributed by atoms with Crippen molar-refractivity contribution in [2.24, 2.45) is 0 Å². The summed E-state index contributed by atoms with van der Waals surface area (Å²) in [7, 11) is 0. The summed E-state index contributed by atoms with van der Waals surface area (Å²) in [6, 6.07) is 25.4. The van der Waals surface area contributed by atoms with Gasteiger partial charge in [0.15, 0.2) is 0 Å². The molecule has 124 valence electrons. The molecule has 2 heterocycles. The van der Waals surface area contributed by atoms with Crippen LogP contribution < -0.4 is 0 Å². The first kappa shape index (κ1) is 17.5. The summed E-state index contributed by atoms with van der Waals surface area (Å²) in [5.74, 6) is 0. The SMILES string of the molecule is S=C(c1ccn(-c2[c-]cccc2)n1)c1ccn(-c2[c-]cccc2)n1.[Pt+2]. The van der Waals surface area contributed by atoms with Gasteiger partial charge in [0, 0.05) is 12.4 Å². The van der Waals surface area contributed by atoms with Gasteiger partial charge in [-0.1, -0.05) is 12.2 Å². The molecule has 0 saturated carbocycles. The van der Waals surface area contributed by atoms with Crippen LogP contribution in [0.4, 0.5) is 0 Å². The standard InChI is InChI=1S/C19H12N4S.Pt/c24-19(17-11-13-22(20-17)15-7-3-1-4-8-15)18-12-14-23(21-18)16-9-5-2-6-10-16;/h1-7,9,11-14H;/q-2;+2. The normalized spacial score (nSPS) is 10.2. The van der Waals surface area contributed by atoms with Crippen LogP contribution in [0.1, 0.15) is 11.4 Å². The Labute approximate surface area is 165 Å². The molecule has 0 aliphatic heterocycles. The summed E-state index contributed by atoms with van der Waals surface area (Å²) in [4.78, 5) is 0.611. The van der Waals surface area contributed by atoms with Crippen molar-refractivity contribution in [1.82, 2.24) is 19.6 Å². The van der Waals surface area contributed by atoms with Gasteiger partial charge in [0.2, 0.25) is 0 Å². The van der Waals surface area contributed by atoms with E-state index in [9.17, 15) is 0 Å². The zero-order chi connectivity index (χ0) is 16.4. The Morgan fingerprint density at radius 2 is 1.24 bits per heavy atom. The Kier molecular flexibility index (Phi) is 5.37. The van der Waals surface area contributed by atoms with Crippen LogP contribution in [0.2, 0.25) is 0 Å². The maximum atomic E-state index is 5.54. The molecule has 25 heavy (non-hydrogen) atoms. The second kappa shape index (κ2) is 7.68. The molecule has 2 aromatic carbocycles. The fraction of sp³-hybridized carbons (Fsp3) is 0. The van der Waals surface area contributed by atoms with Crippen molar-refractivity contribution in [2.75, 3.05) is 0 Å². The number of thiocarbonyl (C=S) groups is 1. The zero-order valence-electron chi connectivity index (χ0n) is 12.9. The maximum Gasteiger partial charge on any atom is 2.00 e. The van der Waals surface area contributed by atoms with Crippen molar-refractivity contribution in [3.05, 3.63) is 96.6 Å². The molecule has 0 fully saturated rings. The van der Waals surface area contributed by atoms with E-state index in [2.05, 4.69) is 22.3 Å². The van der Waals surface area contributed by atoms with E-state index in [4.69, 9.17) is 12.2 Å². The van der Waals surface area contributed by atoms with E-state index in [-0.39, 0.29) is 21.1 Å². The predicted molar refractivity (Wildman–Crippen MR) is 95.6 cm³/mol. The summed E-state index contributed by atoms with van der Waals surface area (Å²) in [6.45, 7) is 0. The van der Waals surface area contributed by atoms with Crippen molar-refractivity contribution >= 4 is 17.1 Å². The quantitative estimate of drug-likeness (QED) is 0.234. The fourth-order valence-electron chi connectivity index (χ4n) is 2.34. The Balaban J connectivity index is 0.00000182. The van der Waals surface area contributed by atoms with Gasteiger partial charge >= 0.3 is 21.1 Å². The number of nitrogens with zero attached hydrogens (tertiary/aromatic N) is 4. The van der Waals surface area contributed by atoms with Crippen LogP contribution >= 0.6 is 12.2 Å². The van der Waals surface area contributed by atoms with Crippen LogP contribution in [-0.4, -0.2) is 24.4 Å². The van der Waals surface area contributed by atoms with E-state index < -0.39 is 0 Å². The number of hydrogen-bond donors (Lipinski definition) is 0. The van der Waals surface area contributed by atoms with Crippen molar-refractivity contribution in [3.63, 3.8) is 0 Å². The molecule has 0 atom stereocenters. The van der Waals surface area contributed by atoms with Gasteiger partial charge in [-0.15, -0.1) is 12.1 Å². The van der Waals surface area contributed by atoms with Crippen LogP contribution in [0.25, 0.3) is 11.4 Å². The molecule has 0 radical (unpaired) electrons. The van der Waals surface area contributed by atoms with Crippen LogP contribution in [0.15, 0.2) is 73.1 Å². The average molecular weight is 523 g/mol. The van der Waals surface area contributed by atoms with Crippen LogP contribution in [-0.2, 0) is 21.1 Å². The molecule has 4 rings (SSSR count). The van der Waals surface area contributed by atoms with E-state index in [0.29, 0.717) is 16.3 Å². The molecule has 0 bridgehead atoms. The van der Waals surface area contributed by atoms with E-state index in [1.165, 1.54) is 0 Å². The molecule has 0 aliphatic rings. The van der Waals surface area contributed by atoms with Gasteiger partial charge in [-0.2, -0.15) is 58.7 Å². The van der Waals surface area contributed by atoms with Gasteiger partial charge in [-0.3, -0.25) is 9.36 Å². The third-order valence-electron chi connectivity index (χ3n) is 3.52. The predicted octanol–water partition coefficient (Wildman–Crippen LogP) is 3.42. The fourth-order valence-corrected chi connectivity index (χ4v) is 2.56. The van der Waals surface area contributed by atoms with Gasteiger partial charge in [0.1, 0.15) is 11.4 Å². The minimum atomic E-state index is 0. The van der Waals surface area contributed by atoms with Crippen molar-refractivity contribution in [3.8, 4) is 11.4 Å². The molecule has 0 amide bonds. The van der Waals surface area contributed by atoms with Crippen LogP contribution in [0, 0.1) is 12.1 Å². The van der Waals surface area contributed by atoms with Crippen LogP contribution in [0.3, 0.4) is 0 Å². The van der Waals surface area contributed by atoms with Gasteiger partial charge < -0.3 is 0 Å². The van der Waals surface area contributed by atoms with Crippen molar-refractivity contribution in [2.45, 2.75) is 0 Å². The maximum absolute atomic E-state index is 5.54. The minimum Gasteiger partial charge on any atom is -0.265 e. The Morgan fingerprint density at radius 3 is 1.64 bits per heavy atom. The summed E-state index contributed by atoms with van der Waals surface area (Å²) < 4.78 is 3.51. The largest absolute Gasteiger partial charge is 2.00 e. The first-order valence-corrected chi connectivity index (χ1v) is 7.82. The molecule has 0 saturated heterocycles. The molecule has 0 N–H and O–H groups in total. The van der Waals surface area contributed by atoms with Gasteiger partial charge in [0.25, 0.3) is 0 Å². The zero-order valence-corrected chi connectivity index (χ0v) is 16.0. The molecule has 6 heteroatoms. The van der Waals surface area contributed by atoms with Gasteiger partial charge in [-0.25, -0.2) is 0 Å². The molecular weight excluding hydrogens is 511 g/mol. The number of benzene rings is 2. The van der Waals surface area contributed by atoms with Gasteiger partial charge in [-0.05, 0) is 23.5 Å². The van der Waals surface area contributed by atoms with Crippen molar-refractivity contribution < 1.29 is 21.1 Å². The van der Waals surface area contributed by atoms with E-state index in [1.807, 2.05) is 73.1 Å². The van der Waals surface area contributed by atoms with Crippen molar-refractivity contribution in [1.29, 1.82) is 0 Å². The molecule has 4 aromatic rings. The van der Waals surface area contributed by atoms with E-state index in [1.54, 1.807) is 9.36 Å². The second-order valence-electron chi connectivity index (χ2n) is 5.12. The number of rotatable bonds is 4. The molecular formula is C19H12N4PtS. The third kappa shape index (κ3) is 3.68. The first-order chi connectivity index (χ1) is 11.8. The second-order valence-corrected chi connectivity index (χ2v) is 5.52. The molecule has 4 nitrogen and oxygen atoms in total. The Hall–Kier alpha value is -2.36. The van der Waals surface area contributed by atoms with Gasteiger partial charge in [0.05, 0.1) is 4.86 Å². The third-order valence-corrected chi connectivity index (χ3v) is 3.94.